The fraction of sp³-hybridized carbons (Fsp3) is 0.0526. The molecule has 1 aliphatic heterocycles. The maximum Gasteiger partial charge on any atom is 0.240 e. The maximum absolute atomic E-state index is 12.9. The molecule has 2 heterocycles. The van der Waals surface area contributed by atoms with Crippen LogP contribution in [0.15, 0.2) is 69.3 Å². The van der Waals surface area contributed by atoms with Crippen molar-refractivity contribution >= 4 is 37.4 Å². The SMILES string of the molecule is N#CC1=C(N)Oc2c(c(=O)sc3ccccc23)[C@@H]1c1ccc(Br)cc1. The molecule has 0 saturated heterocycles. The molecule has 6 heteroatoms. The number of rotatable bonds is 1. The Labute approximate surface area is 155 Å². The highest BCUT2D eigenvalue weighted by atomic mass is 79.9. The summed E-state index contributed by atoms with van der Waals surface area (Å²) in [5.41, 5.74) is 7.58. The lowest BCUT2D eigenvalue weighted by molar-refractivity contribution is 0.398. The van der Waals surface area contributed by atoms with Gasteiger partial charge in [0.2, 0.25) is 10.6 Å². The van der Waals surface area contributed by atoms with Crippen molar-refractivity contribution in [2.45, 2.75) is 5.92 Å². The number of nitrogens with two attached hydrogens (primary N) is 1. The van der Waals surface area contributed by atoms with E-state index in [0.29, 0.717) is 11.3 Å². The number of fused-ring (bicyclic) bond motifs is 3. The first kappa shape index (κ1) is 15.9. The molecule has 0 spiro atoms. The Balaban J connectivity index is 2.08. The topological polar surface area (TPSA) is 76.1 Å². The number of hydrogen-bond acceptors (Lipinski definition) is 5. The fourth-order valence-corrected chi connectivity index (χ4v) is 4.26. The Morgan fingerprint density at radius 1 is 1.16 bits per heavy atom. The highest BCUT2D eigenvalue weighted by molar-refractivity contribution is 9.10. The van der Waals surface area contributed by atoms with Crippen molar-refractivity contribution in [1.29, 1.82) is 5.26 Å². The molecule has 4 nitrogen and oxygen atoms in total. The van der Waals surface area contributed by atoms with Gasteiger partial charge >= 0.3 is 0 Å². The molecule has 0 aliphatic carbocycles. The summed E-state index contributed by atoms with van der Waals surface area (Å²) in [6, 6.07) is 17.2. The van der Waals surface area contributed by atoms with Crippen LogP contribution < -0.4 is 15.2 Å². The van der Waals surface area contributed by atoms with Crippen molar-refractivity contribution in [3.63, 3.8) is 0 Å². The van der Waals surface area contributed by atoms with Crippen molar-refractivity contribution in [2.75, 3.05) is 0 Å². The van der Waals surface area contributed by atoms with Crippen LogP contribution in [0.1, 0.15) is 17.0 Å². The monoisotopic (exact) mass is 410 g/mol. The van der Waals surface area contributed by atoms with Gasteiger partial charge in [-0.15, -0.1) is 0 Å². The van der Waals surface area contributed by atoms with Gasteiger partial charge in [-0.2, -0.15) is 5.26 Å². The van der Waals surface area contributed by atoms with Gasteiger partial charge < -0.3 is 10.5 Å². The molecule has 122 valence electrons. The van der Waals surface area contributed by atoms with E-state index in [1.807, 2.05) is 48.5 Å². The summed E-state index contributed by atoms with van der Waals surface area (Å²) < 4.78 is 7.36. The summed E-state index contributed by atoms with van der Waals surface area (Å²) in [7, 11) is 0. The van der Waals surface area contributed by atoms with Gasteiger partial charge in [-0.1, -0.05) is 51.5 Å². The van der Waals surface area contributed by atoms with E-state index in [4.69, 9.17) is 10.5 Å². The lowest BCUT2D eigenvalue weighted by Crippen LogP contribution is -2.25. The third-order valence-corrected chi connectivity index (χ3v) is 5.69. The van der Waals surface area contributed by atoms with Crippen molar-refractivity contribution in [2.24, 2.45) is 5.73 Å². The fourth-order valence-electron chi connectivity index (χ4n) is 3.05. The van der Waals surface area contributed by atoms with Crippen LogP contribution in [0, 0.1) is 11.3 Å². The van der Waals surface area contributed by atoms with Crippen molar-refractivity contribution in [1.82, 2.24) is 0 Å². The van der Waals surface area contributed by atoms with E-state index in [0.717, 1.165) is 31.5 Å². The average molecular weight is 411 g/mol. The molecule has 4 rings (SSSR count). The molecule has 1 aliphatic rings. The second-order valence-corrected chi connectivity index (χ2v) is 7.54. The largest absolute Gasteiger partial charge is 0.439 e. The van der Waals surface area contributed by atoms with E-state index in [1.54, 1.807) is 0 Å². The smallest absolute Gasteiger partial charge is 0.240 e. The van der Waals surface area contributed by atoms with Gasteiger partial charge in [-0.05, 0) is 29.8 Å². The summed E-state index contributed by atoms with van der Waals surface area (Å²) in [4.78, 5) is 12.9. The summed E-state index contributed by atoms with van der Waals surface area (Å²) in [6.07, 6.45) is 0. The normalized spacial score (nSPS) is 16.2. The Kier molecular flexibility index (Phi) is 3.83. The molecule has 3 aromatic rings. The number of ether oxygens (including phenoxy) is 1. The van der Waals surface area contributed by atoms with Crippen LogP contribution in [0.4, 0.5) is 0 Å². The zero-order valence-electron chi connectivity index (χ0n) is 12.8. The predicted octanol–water partition coefficient (Wildman–Crippen LogP) is 4.24. The van der Waals surface area contributed by atoms with Crippen molar-refractivity contribution in [3.8, 4) is 11.8 Å². The van der Waals surface area contributed by atoms with E-state index in [-0.39, 0.29) is 16.2 Å². The molecule has 25 heavy (non-hydrogen) atoms. The zero-order chi connectivity index (χ0) is 17.6. The highest BCUT2D eigenvalue weighted by Crippen LogP contribution is 2.44. The third kappa shape index (κ3) is 2.53. The number of nitriles is 1. The number of nitrogens with zero attached hydrogens (tertiary/aromatic N) is 1. The molecule has 0 amide bonds. The summed E-state index contributed by atoms with van der Waals surface area (Å²) in [5, 5.41) is 10.4. The Morgan fingerprint density at radius 2 is 1.88 bits per heavy atom. The Morgan fingerprint density at radius 3 is 2.60 bits per heavy atom. The van der Waals surface area contributed by atoms with E-state index in [9.17, 15) is 10.1 Å². The van der Waals surface area contributed by atoms with Gasteiger partial charge in [0.15, 0.2) is 0 Å². The summed E-state index contributed by atoms with van der Waals surface area (Å²) in [6.45, 7) is 0. The van der Waals surface area contributed by atoms with Crippen LogP contribution in [-0.4, -0.2) is 0 Å². The molecular formula is C19H11BrN2O2S. The van der Waals surface area contributed by atoms with Crippen LogP contribution in [0.2, 0.25) is 0 Å². The first-order chi connectivity index (χ1) is 12.1. The lowest BCUT2D eigenvalue weighted by atomic mass is 9.84. The number of hydrogen-bond donors (Lipinski definition) is 1. The van der Waals surface area contributed by atoms with Gasteiger partial charge in [0.25, 0.3) is 0 Å². The van der Waals surface area contributed by atoms with Gasteiger partial charge in [-0.3, -0.25) is 4.79 Å². The van der Waals surface area contributed by atoms with Gasteiger partial charge in [0.1, 0.15) is 17.4 Å². The highest BCUT2D eigenvalue weighted by Gasteiger charge is 2.34. The molecule has 2 aromatic carbocycles. The standard InChI is InChI=1S/C19H11BrN2O2S/c20-11-7-5-10(6-8-11)15-13(9-21)18(22)24-17-12-3-1-2-4-14(12)25-19(23)16(15)17/h1-8,15H,22H2/t15-/m1/s1. The Hall–Kier alpha value is -2.62. The zero-order valence-corrected chi connectivity index (χ0v) is 15.2. The minimum atomic E-state index is -0.532. The quantitative estimate of drug-likeness (QED) is 0.650. The van der Waals surface area contributed by atoms with Gasteiger partial charge in [0, 0.05) is 14.6 Å². The summed E-state index contributed by atoms with van der Waals surface area (Å²) >= 11 is 4.56. The minimum absolute atomic E-state index is 0.0451. The maximum atomic E-state index is 12.9. The summed E-state index contributed by atoms with van der Waals surface area (Å²) in [5.74, 6) is -0.0392. The number of benzene rings is 2. The minimum Gasteiger partial charge on any atom is -0.439 e. The lowest BCUT2D eigenvalue weighted by Gasteiger charge is -2.26. The van der Waals surface area contributed by atoms with Crippen LogP contribution >= 0.6 is 27.3 Å². The molecule has 1 aromatic heterocycles. The molecule has 0 bridgehead atoms. The molecule has 2 N–H and O–H groups in total. The van der Waals surface area contributed by atoms with E-state index < -0.39 is 5.92 Å². The second kappa shape index (κ2) is 6.03. The van der Waals surface area contributed by atoms with Crippen LogP contribution in [0.25, 0.3) is 10.1 Å². The van der Waals surface area contributed by atoms with Crippen LogP contribution in [-0.2, 0) is 0 Å². The van der Waals surface area contributed by atoms with E-state index in [2.05, 4.69) is 22.0 Å². The molecule has 0 fully saturated rings. The molecule has 0 unspecified atom stereocenters. The second-order valence-electron chi connectivity index (χ2n) is 5.60. The van der Waals surface area contributed by atoms with Crippen LogP contribution in [0.3, 0.4) is 0 Å². The first-order valence-electron chi connectivity index (χ1n) is 7.49. The molecule has 0 radical (unpaired) electrons. The van der Waals surface area contributed by atoms with Crippen LogP contribution in [0.5, 0.6) is 5.75 Å². The number of allylic oxidation sites excluding steroid dienone is 1. The molecule has 1 atom stereocenters. The molecule has 0 saturated carbocycles. The van der Waals surface area contributed by atoms with Gasteiger partial charge in [0.05, 0.1) is 11.5 Å². The average Bonchev–Trinajstić information content (AvgIpc) is 2.61. The van der Waals surface area contributed by atoms with E-state index in [1.165, 1.54) is 0 Å². The molecular weight excluding hydrogens is 400 g/mol. The third-order valence-electron chi connectivity index (χ3n) is 4.18. The predicted molar refractivity (Wildman–Crippen MR) is 102 cm³/mol. The van der Waals surface area contributed by atoms with Crippen molar-refractivity contribution in [3.05, 3.63) is 85.1 Å². The van der Waals surface area contributed by atoms with Crippen molar-refractivity contribution < 1.29 is 4.74 Å². The first-order valence-corrected chi connectivity index (χ1v) is 9.10. The number of halogens is 1. The Bertz CT molecular complexity index is 1130. The van der Waals surface area contributed by atoms with Gasteiger partial charge in [-0.25, -0.2) is 0 Å². The van der Waals surface area contributed by atoms with E-state index >= 15 is 0 Å².